The Morgan fingerprint density at radius 2 is 1.50 bits per heavy atom. The fourth-order valence-electron chi connectivity index (χ4n) is 4.16. The van der Waals surface area contributed by atoms with Gasteiger partial charge in [-0.15, -0.1) is 0 Å². The molecule has 0 aliphatic rings. The molecular weight excluding hydrogens is 396 g/mol. The minimum absolute atomic E-state index is 0.0610. The number of fused-ring (bicyclic) bond motifs is 6. The first-order valence-corrected chi connectivity index (χ1v) is 9.96. The van der Waals surface area contributed by atoms with Crippen molar-refractivity contribution < 1.29 is 0 Å². The molecule has 144 valence electrons. The molecule has 0 spiro atoms. The first kappa shape index (κ1) is 17.2. The second-order valence-corrected chi connectivity index (χ2v) is 7.74. The topological polar surface area (TPSA) is 52.2 Å². The van der Waals surface area contributed by atoms with Crippen molar-refractivity contribution in [1.82, 2.24) is 18.9 Å². The van der Waals surface area contributed by atoms with E-state index in [9.17, 15) is 4.79 Å². The highest BCUT2D eigenvalue weighted by Crippen LogP contribution is 2.30. The van der Waals surface area contributed by atoms with E-state index in [1.165, 1.54) is 0 Å². The van der Waals surface area contributed by atoms with Gasteiger partial charge in [-0.1, -0.05) is 35.9 Å². The lowest BCUT2D eigenvalue weighted by atomic mass is 10.1. The van der Waals surface area contributed by atoms with Gasteiger partial charge in [0, 0.05) is 23.0 Å². The Bertz CT molecular complexity index is 1680. The van der Waals surface area contributed by atoms with E-state index in [1.807, 2.05) is 88.8 Å². The molecule has 0 N–H and O–H groups in total. The van der Waals surface area contributed by atoms with E-state index in [0.29, 0.717) is 32.9 Å². The van der Waals surface area contributed by atoms with Gasteiger partial charge >= 0.3 is 0 Å². The van der Waals surface area contributed by atoms with E-state index in [-0.39, 0.29) is 5.43 Å². The van der Waals surface area contributed by atoms with Crippen molar-refractivity contribution in [2.45, 2.75) is 0 Å². The summed E-state index contributed by atoms with van der Waals surface area (Å²) in [7, 11) is 1.93. The van der Waals surface area contributed by atoms with Gasteiger partial charge in [-0.2, -0.15) is 0 Å². The minimum Gasteiger partial charge on any atom is -0.328 e. The monoisotopic (exact) mass is 410 g/mol. The summed E-state index contributed by atoms with van der Waals surface area (Å²) in [5.74, 6) is 0.716. The number of nitrogens with zero attached hydrogens (tertiary/aromatic N) is 4. The maximum atomic E-state index is 13.5. The zero-order chi connectivity index (χ0) is 20.4. The minimum atomic E-state index is -0.0610. The first-order chi connectivity index (χ1) is 14.6. The third kappa shape index (κ3) is 2.27. The Morgan fingerprint density at radius 3 is 2.30 bits per heavy atom. The quantitative estimate of drug-likeness (QED) is 0.350. The number of pyridine rings is 1. The van der Waals surface area contributed by atoms with Crippen LogP contribution in [0.5, 0.6) is 0 Å². The van der Waals surface area contributed by atoms with Crippen LogP contribution in [0.25, 0.3) is 50.0 Å². The Hall–Kier alpha value is -3.70. The van der Waals surface area contributed by atoms with Gasteiger partial charge in [-0.25, -0.2) is 9.97 Å². The Morgan fingerprint density at radius 1 is 0.800 bits per heavy atom. The molecule has 30 heavy (non-hydrogen) atoms. The van der Waals surface area contributed by atoms with Crippen molar-refractivity contribution in [1.29, 1.82) is 0 Å². The van der Waals surface area contributed by atoms with Crippen molar-refractivity contribution in [3.8, 4) is 11.4 Å². The summed E-state index contributed by atoms with van der Waals surface area (Å²) >= 11 is 6.11. The maximum Gasteiger partial charge on any atom is 0.202 e. The number of rotatable bonds is 1. The molecule has 0 saturated carbocycles. The molecule has 0 fully saturated rings. The van der Waals surface area contributed by atoms with Gasteiger partial charge in [-0.05, 0) is 48.5 Å². The Labute approximate surface area is 175 Å². The van der Waals surface area contributed by atoms with Gasteiger partial charge in [0.25, 0.3) is 0 Å². The molecular formula is C24H15ClN4O. The van der Waals surface area contributed by atoms with Crippen LogP contribution in [-0.2, 0) is 7.05 Å². The Balaban J connectivity index is 1.92. The molecule has 3 aromatic heterocycles. The summed E-state index contributed by atoms with van der Waals surface area (Å²) in [5.41, 5.74) is 4.61. The van der Waals surface area contributed by atoms with Crippen molar-refractivity contribution in [3.05, 3.63) is 88.0 Å². The summed E-state index contributed by atoms with van der Waals surface area (Å²) in [5, 5.41) is 1.83. The van der Waals surface area contributed by atoms with Crippen LogP contribution in [0.2, 0.25) is 5.02 Å². The lowest BCUT2D eigenvalue weighted by molar-refractivity contribution is 0.967. The summed E-state index contributed by atoms with van der Waals surface area (Å²) in [4.78, 5) is 23.3. The van der Waals surface area contributed by atoms with Gasteiger partial charge in [0.2, 0.25) is 5.43 Å². The van der Waals surface area contributed by atoms with Crippen LogP contribution in [0.15, 0.2) is 77.6 Å². The number of imidazole rings is 1. The maximum absolute atomic E-state index is 13.5. The molecule has 6 aromatic rings. The largest absolute Gasteiger partial charge is 0.328 e. The molecule has 0 radical (unpaired) electrons. The predicted octanol–water partition coefficient (Wildman–Crippen LogP) is 5.21. The van der Waals surface area contributed by atoms with Gasteiger partial charge in [0.15, 0.2) is 5.65 Å². The van der Waals surface area contributed by atoms with Gasteiger partial charge in [-0.3, -0.25) is 9.20 Å². The third-order valence-corrected chi connectivity index (χ3v) is 5.84. The number of para-hydroxylation sites is 3. The van der Waals surface area contributed by atoms with Crippen molar-refractivity contribution in [3.63, 3.8) is 0 Å². The van der Waals surface area contributed by atoms with E-state index < -0.39 is 0 Å². The summed E-state index contributed by atoms with van der Waals surface area (Å²) in [6, 6.07) is 23.0. The number of aryl methyl sites for hydroxylation is 1. The van der Waals surface area contributed by atoms with Crippen LogP contribution in [0.1, 0.15) is 0 Å². The van der Waals surface area contributed by atoms with Crippen LogP contribution < -0.4 is 5.43 Å². The normalized spacial score (nSPS) is 11.8. The van der Waals surface area contributed by atoms with Crippen LogP contribution in [0.4, 0.5) is 0 Å². The molecule has 6 heteroatoms. The van der Waals surface area contributed by atoms with E-state index in [2.05, 4.69) is 0 Å². The zero-order valence-electron chi connectivity index (χ0n) is 16.0. The second-order valence-electron chi connectivity index (χ2n) is 7.31. The number of benzene rings is 3. The van der Waals surface area contributed by atoms with Gasteiger partial charge in [0.05, 0.1) is 16.6 Å². The smallest absolute Gasteiger partial charge is 0.202 e. The third-order valence-electron chi connectivity index (χ3n) is 5.59. The summed E-state index contributed by atoms with van der Waals surface area (Å²) in [6.45, 7) is 0. The molecule has 0 bridgehead atoms. The van der Waals surface area contributed by atoms with Crippen LogP contribution in [0, 0.1) is 0 Å². The first-order valence-electron chi connectivity index (χ1n) is 9.58. The molecule has 0 aliphatic carbocycles. The molecule has 0 unspecified atom stereocenters. The molecule has 5 nitrogen and oxygen atoms in total. The van der Waals surface area contributed by atoms with Crippen molar-refractivity contribution in [2.24, 2.45) is 7.05 Å². The van der Waals surface area contributed by atoms with E-state index in [4.69, 9.17) is 21.6 Å². The molecule has 0 aliphatic heterocycles. The average Bonchev–Trinajstić information content (AvgIpc) is 3.17. The highest BCUT2D eigenvalue weighted by atomic mass is 35.5. The molecule has 0 saturated heterocycles. The van der Waals surface area contributed by atoms with Crippen LogP contribution in [0.3, 0.4) is 0 Å². The molecule has 6 rings (SSSR count). The number of hydrogen-bond acceptors (Lipinski definition) is 3. The number of aromatic nitrogens is 4. The SMILES string of the molecule is Cn1c2ccccc2c(=O)c2c1nc(-c1ccc(Cl)cc1)n1c3ccccc3nc21. The lowest BCUT2D eigenvalue weighted by Gasteiger charge is -2.13. The average molecular weight is 411 g/mol. The van der Waals surface area contributed by atoms with Crippen molar-refractivity contribution >= 4 is 50.2 Å². The molecule has 3 aromatic carbocycles. The zero-order valence-corrected chi connectivity index (χ0v) is 16.8. The number of hydrogen-bond donors (Lipinski definition) is 0. The fraction of sp³-hybridized carbons (Fsp3) is 0.0417. The van der Waals surface area contributed by atoms with E-state index >= 15 is 0 Å². The van der Waals surface area contributed by atoms with Crippen LogP contribution in [-0.4, -0.2) is 18.9 Å². The number of halogens is 1. The van der Waals surface area contributed by atoms with E-state index in [1.54, 1.807) is 0 Å². The molecule has 0 atom stereocenters. The van der Waals surface area contributed by atoms with Crippen LogP contribution >= 0.6 is 11.6 Å². The van der Waals surface area contributed by atoms with Gasteiger partial charge < -0.3 is 4.57 Å². The summed E-state index contributed by atoms with van der Waals surface area (Å²) in [6.07, 6.45) is 0. The predicted molar refractivity (Wildman–Crippen MR) is 121 cm³/mol. The van der Waals surface area contributed by atoms with Gasteiger partial charge in [0.1, 0.15) is 16.9 Å². The van der Waals surface area contributed by atoms with Crippen molar-refractivity contribution in [2.75, 3.05) is 0 Å². The van der Waals surface area contributed by atoms with E-state index in [0.717, 1.165) is 22.1 Å². The molecule has 3 heterocycles. The summed E-state index contributed by atoms with van der Waals surface area (Å²) < 4.78 is 3.93. The highest BCUT2D eigenvalue weighted by Gasteiger charge is 2.20. The molecule has 0 amide bonds. The highest BCUT2D eigenvalue weighted by molar-refractivity contribution is 6.30. The fourth-order valence-corrected chi connectivity index (χ4v) is 4.29. The second kappa shape index (κ2) is 6.15. The Kier molecular flexibility index (Phi) is 3.52. The standard InChI is InChI=1S/C24H15ClN4O/c1-28-18-8-4-2-6-16(18)21(30)20-23(28)27-22(14-10-12-15(25)13-11-14)29-19-9-5-3-7-17(19)26-24(20)29/h2-13H,1H3. The lowest BCUT2D eigenvalue weighted by Crippen LogP contribution is -2.13.